The molecule has 4 nitrogen and oxygen atoms in total. The van der Waals surface area contributed by atoms with Crippen molar-refractivity contribution in [3.8, 4) is 5.75 Å². The fourth-order valence-electron chi connectivity index (χ4n) is 1.30. The minimum absolute atomic E-state index is 0.0202. The third-order valence-electron chi connectivity index (χ3n) is 2.26. The molecule has 0 fully saturated rings. The highest BCUT2D eigenvalue weighted by Crippen LogP contribution is 2.48. The molecule has 0 radical (unpaired) electrons. The van der Waals surface area contributed by atoms with Crippen LogP contribution in [0.3, 0.4) is 0 Å². The maximum Gasteiger partial charge on any atom is 0.159 e. The quantitative estimate of drug-likeness (QED) is 0.384. The summed E-state index contributed by atoms with van der Waals surface area (Å²) in [5, 5.41) is 21.2. The topological polar surface area (TPSA) is 61.7 Å². The van der Waals surface area contributed by atoms with Crippen LogP contribution in [0.4, 0.5) is 0 Å². The lowest BCUT2D eigenvalue weighted by molar-refractivity contribution is 0.105. The minimum Gasteiger partial charge on any atom is -0.488 e. The lowest BCUT2D eigenvalue weighted by Crippen LogP contribution is -2.33. The predicted octanol–water partition coefficient (Wildman–Crippen LogP) is 3.28. The largest absolute Gasteiger partial charge is 0.488 e. The Hall–Kier alpha value is 0.350. The number of ether oxygens (including phenoxy) is 1. The summed E-state index contributed by atoms with van der Waals surface area (Å²) >= 11 is 29.6. The van der Waals surface area contributed by atoms with E-state index in [4.69, 9.17) is 67.8 Å². The molecule has 0 amide bonds. The first-order chi connectivity index (χ1) is 9.40. The number of hydrogen-bond acceptors (Lipinski definition) is 4. The van der Waals surface area contributed by atoms with E-state index in [1.807, 2.05) is 0 Å². The molecule has 0 bridgehead atoms. The third-order valence-corrected chi connectivity index (χ3v) is 4.50. The van der Waals surface area contributed by atoms with Gasteiger partial charge in [-0.3, -0.25) is 0 Å². The van der Waals surface area contributed by atoms with Crippen LogP contribution in [0.5, 0.6) is 5.75 Å². The van der Waals surface area contributed by atoms with E-state index in [0.717, 1.165) is 0 Å². The Balaban J connectivity index is 2.73. The highest BCUT2D eigenvalue weighted by Gasteiger charge is 2.21. The van der Waals surface area contributed by atoms with Gasteiger partial charge in [-0.25, -0.2) is 0 Å². The smallest absolute Gasteiger partial charge is 0.159 e. The fraction of sp³-hybridized carbons (Fsp3) is 0.455. The molecule has 0 saturated carbocycles. The van der Waals surface area contributed by atoms with Crippen molar-refractivity contribution in [3.63, 3.8) is 0 Å². The predicted molar refractivity (Wildman–Crippen MR) is 82.9 cm³/mol. The SMILES string of the molecule is OCCNCC(O)COc1c(Cl)c(Cl)c(Cl)c(Cl)c1Cl. The van der Waals surface area contributed by atoms with Gasteiger partial charge in [0, 0.05) is 13.1 Å². The molecular weight excluding hydrogens is 371 g/mol. The number of aliphatic hydroxyl groups is 2. The lowest BCUT2D eigenvalue weighted by Gasteiger charge is -2.16. The van der Waals surface area contributed by atoms with E-state index in [1.165, 1.54) is 0 Å². The Kier molecular flexibility index (Phi) is 8.01. The second kappa shape index (κ2) is 8.71. The molecule has 0 aliphatic rings. The van der Waals surface area contributed by atoms with Crippen LogP contribution in [0.2, 0.25) is 25.1 Å². The van der Waals surface area contributed by atoms with Crippen LogP contribution >= 0.6 is 58.0 Å². The van der Waals surface area contributed by atoms with E-state index in [0.29, 0.717) is 6.54 Å². The summed E-state index contributed by atoms with van der Waals surface area (Å²) < 4.78 is 5.33. The number of rotatable bonds is 7. The molecule has 1 rings (SSSR count). The highest BCUT2D eigenvalue weighted by molar-refractivity contribution is 6.55. The number of benzene rings is 1. The fourth-order valence-corrected chi connectivity index (χ4v) is 2.53. The second-order valence-corrected chi connectivity index (χ2v) is 5.68. The van der Waals surface area contributed by atoms with Gasteiger partial charge in [-0.15, -0.1) is 0 Å². The van der Waals surface area contributed by atoms with Crippen molar-refractivity contribution >= 4 is 58.0 Å². The Morgan fingerprint density at radius 2 is 1.45 bits per heavy atom. The van der Waals surface area contributed by atoms with Crippen molar-refractivity contribution in [2.45, 2.75) is 6.10 Å². The maximum atomic E-state index is 9.66. The zero-order valence-electron chi connectivity index (χ0n) is 10.1. The Morgan fingerprint density at radius 1 is 0.950 bits per heavy atom. The second-order valence-electron chi connectivity index (χ2n) is 3.79. The van der Waals surface area contributed by atoms with Crippen LogP contribution in [0.15, 0.2) is 0 Å². The summed E-state index contributed by atoms with van der Waals surface area (Å²) in [5.74, 6) is 0.0638. The Morgan fingerprint density at radius 3 is 1.95 bits per heavy atom. The van der Waals surface area contributed by atoms with E-state index in [2.05, 4.69) is 5.32 Å². The first kappa shape index (κ1) is 18.4. The van der Waals surface area contributed by atoms with E-state index in [-0.39, 0.29) is 50.6 Å². The van der Waals surface area contributed by atoms with Gasteiger partial charge in [0.1, 0.15) is 22.8 Å². The van der Waals surface area contributed by atoms with Gasteiger partial charge < -0.3 is 20.3 Å². The van der Waals surface area contributed by atoms with Gasteiger partial charge in [-0.2, -0.15) is 0 Å². The normalized spacial score (nSPS) is 12.6. The summed E-state index contributed by atoms with van der Waals surface area (Å²) in [6.45, 7) is 0.516. The highest BCUT2D eigenvalue weighted by atomic mass is 35.5. The van der Waals surface area contributed by atoms with Crippen LogP contribution in [0.1, 0.15) is 0 Å². The van der Waals surface area contributed by atoms with Crippen molar-refractivity contribution < 1.29 is 14.9 Å². The monoisotopic (exact) mass is 381 g/mol. The Bertz CT molecular complexity index is 443. The first-order valence-corrected chi connectivity index (χ1v) is 7.43. The molecule has 114 valence electrons. The molecule has 0 spiro atoms. The summed E-state index contributed by atoms with van der Waals surface area (Å²) in [4.78, 5) is 0. The van der Waals surface area contributed by atoms with Gasteiger partial charge in [0.25, 0.3) is 0 Å². The van der Waals surface area contributed by atoms with E-state index in [1.54, 1.807) is 0 Å². The number of hydrogen-bond donors (Lipinski definition) is 3. The summed E-state index contributed by atoms with van der Waals surface area (Å²) in [6.07, 6.45) is -0.818. The molecule has 0 aliphatic heterocycles. The minimum atomic E-state index is -0.818. The zero-order chi connectivity index (χ0) is 15.3. The molecule has 0 aliphatic carbocycles. The number of aliphatic hydroxyl groups excluding tert-OH is 2. The van der Waals surface area contributed by atoms with E-state index >= 15 is 0 Å². The summed E-state index contributed by atoms with van der Waals surface area (Å²) in [6, 6.07) is 0. The van der Waals surface area contributed by atoms with Crippen LogP contribution in [0.25, 0.3) is 0 Å². The van der Waals surface area contributed by atoms with Gasteiger partial charge >= 0.3 is 0 Å². The lowest BCUT2D eigenvalue weighted by atomic mass is 10.3. The molecule has 1 aromatic rings. The summed E-state index contributed by atoms with van der Waals surface area (Å²) in [5.41, 5.74) is 0. The van der Waals surface area contributed by atoms with Crippen molar-refractivity contribution in [2.24, 2.45) is 0 Å². The van der Waals surface area contributed by atoms with Gasteiger partial charge in [-0.1, -0.05) is 58.0 Å². The molecule has 0 heterocycles. The van der Waals surface area contributed by atoms with Crippen molar-refractivity contribution in [1.82, 2.24) is 5.32 Å². The third kappa shape index (κ3) is 4.68. The van der Waals surface area contributed by atoms with Crippen LogP contribution in [-0.2, 0) is 0 Å². The summed E-state index contributed by atoms with van der Waals surface area (Å²) in [7, 11) is 0. The van der Waals surface area contributed by atoms with E-state index in [9.17, 15) is 5.11 Å². The molecule has 1 unspecified atom stereocenters. The van der Waals surface area contributed by atoms with Gasteiger partial charge in [0.15, 0.2) is 5.75 Å². The van der Waals surface area contributed by atoms with Crippen molar-refractivity contribution in [1.29, 1.82) is 0 Å². The molecule has 3 N–H and O–H groups in total. The number of halogens is 5. The standard InChI is InChI=1S/C11H12Cl5NO3/c12-6-7(13)9(15)11(10(16)8(6)14)20-4-5(19)3-17-1-2-18/h5,17-19H,1-4H2. The molecule has 9 heteroatoms. The van der Waals surface area contributed by atoms with Crippen molar-refractivity contribution in [3.05, 3.63) is 25.1 Å². The molecule has 20 heavy (non-hydrogen) atoms. The molecular formula is C11H12Cl5NO3. The average molecular weight is 383 g/mol. The van der Waals surface area contributed by atoms with Crippen LogP contribution in [-0.4, -0.2) is 42.6 Å². The molecule has 0 aromatic heterocycles. The molecule has 1 aromatic carbocycles. The molecule has 0 saturated heterocycles. The van der Waals surface area contributed by atoms with Gasteiger partial charge in [0.05, 0.1) is 21.7 Å². The van der Waals surface area contributed by atoms with Crippen LogP contribution < -0.4 is 10.1 Å². The van der Waals surface area contributed by atoms with E-state index < -0.39 is 6.10 Å². The zero-order valence-corrected chi connectivity index (χ0v) is 13.9. The van der Waals surface area contributed by atoms with Gasteiger partial charge in [0.2, 0.25) is 0 Å². The Labute approximate surface area is 141 Å². The number of nitrogens with one attached hydrogen (secondary N) is 1. The molecule has 1 atom stereocenters. The first-order valence-electron chi connectivity index (χ1n) is 5.54. The van der Waals surface area contributed by atoms with Crippen LogP contribution in [0, 0.1) is 0 Å². The maximum absolute atomic E-state index is 9.66. The van der Waals surface area contributed by atoms with Crippen molar-refractivity contribution in [2.75, 3.05) is 26.3 Å². The average Bonchev–Trinajstić information content (AvgIpc) is 2.43. The van der Waals surface area contributed by atoms with Gasteiger partial charge in [-0.05, 0) is 0 Å².